The summed E-state index contributed by atoms with van der Waals surface area (Å²) in [6.45, 7) is 8.16. The summed E-state index contributed by atoms with van der Waals surface area (Å²) in [4.78, 5) is 24.9. The summed E-state index contributed by atoms with van der Waals surface area (Å²) in [6, 6.07) is 9.92. The first-order valence-corrected chi connectivity index (χ1v) is 7.31. The Labute approximate surface area is 126 Å². The number of carboxylic acids is 1. The smallest absolute Gasteiger partial charge is 0.305 e. The lowest BCUT2D eigenvalue weighted by molar-refractivity contribution is -0.139. The summed E-state index contributed by atoms with van der Waals surface area (Å²) in [7, 11) is 0. The zero-order valence-corrected chi connectivity index (χ0v) is 13.3. The minimum Gasteiger partial charge on any atom is -0.481 e. The molecule has 1 amide bonds. The fourth-order valence-corrected chi connectivity index (χ4v) is 2.36. The Morgan fingerprint density at radius 1 is 1.19 bits per heavy atom. The molecule has 0 fully saturated rings. The van der Waals surface area contributed by atoms with Crippen LogP contribution in [0.1, 0.15) is 46.1 Å². The standard InChI is InChI=1S/C17H25NO3/c1-13(2)18(11-10-16(20)21)15(19)12-17(3,4)14-8-6-5-7-9-14/h5-9,13H,10-12H2,1-4H3,(H,20,21). The number of amides is 1. The van der Waals surface area contributed by atoms with Crippen molar-refractivity contribution in [3.8, 4) is 0 Å². The van der Waals surface area contributed by atoms with Crippen molar-refractivity contribution in [1.29, 1.82) is 0 Å². The second-order valence-corrected chi connectivity index (χ2v) is 6.25. The summed E-state index contributed by atoms with van der Waals surface area (Å²) in [6.07, 6.45) is 0.352. The molecule has 1 N–H and O–H groups in total. The molecule has 0 spiro atoms. The molecule has 21 heavy (non-hydrogen) atoms. The van der Waals surface area contributed by atoms with Gasteiger partial charge in [-0.1, -0.05) is 44.2 Å². The van der Waals surface area contributed by atoms with Gasteiger partial charge < -0.3 is 10.0 Å². The number of nitrogens with zero attached hydrogens (tertiary/aromatic N) is 1. The molecule has 1 rings (SSSR count). The number of rotatable bonds is 7. The number of carbonyl (C=O) groups is 2. The largest absolute Gasteiger partial charge is 0.481 e. The number of carboxylic acid groups (broad SMARTS) is 1. The molecular formula is C17H25NO3. The molecule has 1 aromatic rings. The maximum atomic E-state index is 12.5. The van der Waals surface area contributed by atoms with Gasteiger partial charge in [-0.25, -0.2) is 0 Å². The molecule has 0 atom stereocenters. The third-order valence-corrected chi connectivity index (χ3v) is 3.66. The van der Waals surface area contributed by atoms with E-state index < -0.39 is 5.97 Å². The quantitative estimate of drug-likeness (QED) is 0.840. The Hall–Kier alpha value is -1.84. The third-order valence-electron chi connectivity index (χ3n) is 3.66. The number of carbonyl (C=O) groups excluding carboxylic acids is 1. The van der Waals surface area contributed by atoms with Crippen LogP contribution in [0.4, 0.5) is 0 Å². The van der Waals surface area contributed by atoms with Gasteiger partial charge in [-0.15, -0.1) is 0 Å². The molecule has 0 unspecified atom stereocenters. The highest BCUT2D eigenvalue weighted by molar-refractivity contribution is 5.78. The van der Waals surface area contributed by atoms with Crippen LogP contribution >= 0.6 is 0 Å². The van der Waals surface area contributed by atoms with Gasteiger partial charge in [0.15, 0.2) is 0 Å². The van der Waals surface area contributed by atoms with E-state index in [0.717, 1.165) is 5.56 Å². The molecule has 1 aromatic carbocycles. The molecular weight excluding hydrogens is 266 g/mol. The Bertz CT molecular complexity index is 480. The van der Waals surface area contributed by atoms with Gasteiger partial charge in [-0.2, -0.15) is 0 Å². The van der Waals surface area contributed by atoms with E-state index in [1.54, 1.807) is 4.90 Å². The number of hydrogen-bond donors (Lipinski definition) is 1. The highest BCUT2D eigenvalue weighted by Gasteiger charge is 2.28. The average Bonchev–Trinajstić information content (AvgIpc) is 2.38. The highest BCUT2D eigenvalue weighted by Crippen LogP contribution is 2.27. The van der Waals surface area contributed by atoms with Gasteiger partial charge in [0.25, 0.3) is 0 Å². The van der Waals surface area contributed by atoms with Crippen molar-refractivity contribution in [1.82, 2.24) is 4.90 Å². The highest BCUT2D eigenvalue weighted by atomic mass is 16.4. The minimum atomic E-state index is -0.879. The maximum absolute atomic E-state index is 12.5. The monoisotopic (exact) mass is 291 g/mol. The zero-order chi connectivity index (χ0) is 16.0. The van der Waals surface area contributed by atoms with E-state index in [-0.39, 0.29) is 30.3 Å². The number of hydrogen-bond acceptors (Lipinski definition) is 2. The Morgan fingerprint density at radius 2 is 1.76 bits per heavy atom. The zero-order valence-electron chi connectivity index (χ0n) is 13.3. The lowest BCUT2D eigenvalue weighted by atomic mass is 9.81. The van der Waals surface area contributed by atoms with Crippen LogP contribution in [-0.2, 0) is 15.0 Å². The normalized spacial score (nSPS) is 11.5. The average molecular weight is 291 g/mol. The summed E-state index contributed by atoms with van der Waals surface area (Å²) in [5.74, 6) is -0.879. The third kappa shape index (κ3) is 5.21. The van der Waals surface area contributed by atoms with Crippen LogP contribution in [-0.4, -0.2) is 34.5 Å². The van der Waals surface area contributed by atoms with Crippen LogP contribution in [0.5, 0.6) is 0 Å². The number of benzene rings is 1. The molecule has 0 heterocycles. The second kappa shape index (κ2) is 7.25. The first-order valence-electron chi connectivity index (χ1n) is 7.31. The van der Waals surface area contributed by atoms with Crippen molar-refractivity contribution in [2.75, 3.05) is 6.54 Å². The van der Waals surface area contributed by atoms with Gasteiger partial charge in [-0.3, -0.25) is 9.59 Å². The van der Waals surface area contributed by atoms with Crippen LogP contribution in [0.2, 0.25) is 0 Å². The van der Waals surface area contributed by atoms with Crippen molar-refractivity contribution < 1.29 is 14.7 Å². The summed E-state index contributed by atoms with van der Waals surface area (Å²) in [5.41, 5.74) is 0.842. The van der Waals surface area contributed by atoms with E-state index in [1.807, 2.05) is 58.0 Å². The van der Waals surface area contributed by atoms with Crippen molar-refractivity contribution in [3.63, 3.8) is 0 Å². The molecule has 0 aliphatic carbocycles. The Balaban J connectivity index is 2.78. The Kier molecular flexibility index (Phi) is 5.94. The lowest BCUT2D eigenvalue weighted by Gasteiger charge is -2.31. The SMILES string of the molecule is CC(C)N(CCC(=O)O)C(=O)CC(C)(C)c1ccccc1. The van der Waals surface area contributed by atoms with Crippen LogP contribution in [0.25, 0.3) is 0 Å². The fourth-order valence-electron chi connectivity index (χ4n) is 2.36. The maximum Gasteiger partial charge on any atom is 0.305 e. The van der Waals surface area contributed by atoms with Crippen molar-refractivity contribution in [2.24, 2.45) is 0 Å². The van der Waals surface area contributed by atoms with Gasteiger partial charge in [0, 0.05) is 19.0 Å². The molecule has 0 saturated heterocycles. The van der Waals surface area contributed by atoms with E-state index in [9.17, 15) is 9.59 Å². The van der Waals surface area contributed by atoms with E-state index in [0.29, 0.717) is 6.42 Å². The minimum absolute atomic E-state index is 0.0000954. The fraction of sp³-hybridized carbons (Fsp3) is 0.529. The predicted molar refractivity (Wildman–Crippen MR) is 83.2 cm³/mol. The molecule has 4 nitrogen and oxygen atoms in total. The summed E-state index contributed by atoms with van der Waals surface area (Å²) >= 11 is 0. The van der Waals surface area contributed by atoms with Crippen LogP contribution in [0.15, 0.2) is 30.3 Å². The molecule has 116 valence electrons. The first kappa shape index (κ1) is 17.2. The van der Waals surface area contributed by atoms with Crippen molar-refractivity contribution in [2.45, 2.75) is 52.0 Å². The van der Waals surface area contributed by atoms with Gasteiger partial charge in [0.05, 0.1) is 6.42 Å². The van der Waals surface area contributed by atoms with Gasteiger partial charge in [-0.05, 0) is 24.8 Å². The predicted octanol–water partition coefficient (Wildman–Crippen LogP) is 3.07. The molecule has 0 aromatic heterocycles. The van der Waals surface area contributed by atoms with Crippen molar-refractivity contribution >= 4 is 11.9 Å². The van der Waals surface area contributed by atoms with Crippen LogP contribution in [0, 0.1) is 0 Å². The van der Waals surface area contributed by atoms with Crippen molar-refractivity contribution in [3.05, 3.63) is 35.9 Å². The van der Waals surface area contributed by atoms with Crippen LogP contribution in [0.3, 0.4) is 0 Å². The molecule has 0 bridgehead atoms. The van der Waals surface area contributed by atoms with E-state index in [4.69, 9.17) is 5.11 Å². The molecule has 0 aliphatic heterocycles. The first-order chi connectivity index (χ1) is 9.74. The summed E-state index contributed by atoms with van der Waals surface area (Å²) in [5, 5.41) is 8.80. The van der Waals surface area contributed by atoms with Gasteiger partial charge >= 0.3 is 5.97 Å². The van der Waals surface area contributed by atoms with Gasteiger partial charge in [0.2, 0.25) is 5.91 Å². The van der Waals surface area contributed by atoms with Crippen LogP contribution < -0.4 is 0 Å². The number of aliphatic carboxylic acids is 1. The molecule has 0 aliphatic rings. The Morgan fingerprint density at radius 3 is 2.24 bits per heavy atom. The topological polar surface area (TPSA) is 57.6 Å². The molecule has 4 heteroatoms. The lowest BCUT2D eigenvalue weighted by Crippen LogP contribution is -2.41. The second-order valence-electron chi connectivity index (χ2n) is 6.25. The molecule has 0 radical (unpaired) electrons. The van der Waals surface area contributed by atoms with Gasteiger partial charge in [0.1, 0.15) is 0 Å². The van der Waals surface area contributed by atoms with E-state index >= 15 is 0 Å². The van der Waals surface area contributed by atoms with E-state index in [1.165, 1.54) is 0 Å². The molecule has 0 saturated carbocycles. The van der Waals surface area contributed by atoms with E-state index in [2.05, 4.69) is 0 Å². The summed E-state index contributed by atoms with van der Waals surface area (Å²) < 4.78 is 0.